The molecule has 0 unspecified atom stereocenters. The van der Waals surface area contributed by atoms with E-state index in [4.69, 9.17) is 5.73 Å². The van der Waals surface area contributed by atoms with Crippen LogP contribution in [0.4, 0.5) is 22.1 Å². The standard InChI is InChI=1S/C21H28N6O4S/c1-4-12-32-20-23-18(22)17(26(3)21(30)25(2)10-11-31-15-29)19(24-20)27(14-28)13-16-8-6-5-7-9-16/h5-9,14-15H,4,10-13H2,1-3H3,(H2,22,23,24). The van der Waals surface area contributed by atoms with Crippen molar-refractivity contribution >= 4 is 48.0 Å². The summed E-state index contributed by atoms with van der Waals surface area (Å²) in [7, 11) is 3.10. The average molecular weight is 461 g/mol. The summed E-state index contributed by atoms with van der Waals surface area (Å²) in [4.78, 5) is 48.3. The monoisotopic (exact) mass is 460 g/mol. The molecule has 2 rings (SSSR count). The van der Waals surface area contributed by atoms with E-state index in [0.717, 1.165) is 17.7 Å². The van der Waals surface area contributed by atoms with Gasteiger partial charge in [0.15, 0.2) is 16.8 Å². The number of rotatable bonds is 12. The second-order valence-electron chi connectivity index (χ2n) is 6.86. The SMILES string of the molecule is CCCSc1nc(N)c(N(C)C(=O)N(C)CCOC=O)c(N(C=O)Cc2ccccc2)n1. The topological polar surface area (TPSA) is 122 Å². The van der Waals surface area contributed by atoms with E-state index in [1.54, 1.807) is 7.05 Å². The Bertz CT molecular complexity index is 915. The van der Waals surface area contributed by atoms with Crippen molar-refractivity contribution < 1.29 is 19.1 Å². The lowest BCUT2D eigenvalue weighted by Gasteiger charge is -2.29. The third-order valence-electron chi connectivity index (χ3n) is 4.46. The fourth-order valence-electron chi connectivity index (χ4n) is 2.85. The molecule has 0 bridgehead atoms. The van der Waals surface area contributed by atoms with Gasteiger partial charge in [-0.05, 0) is 12.0 Å². The van der Waals surface area contributed by atoms with Gasteiger partial charge in [-0.25, -0.2) is 14.8 Å². The lowest BCUT2D eigenvalue weighted by atomic mass is 10.2. The predicted octanol–water partition coefficient (Wildman–Crippen LogP) is 2.38. The Kier molecular flexibility index (Phi) is 9.74. The molecule has 0 atom stereocenters. The summed E-state index contributed by atoms with van der Waals surface area (Å²) in [5.74, 6) is 1.11. The number of benzene rings is 1. The van der Waals surface area contributed by atoms with E-state index in [1.165, 1.54) is 33.5 Å². The molecule has 172 valence electrons. The third-order valence-corrected chi connectivity index (χ3v) is 5.52. The van der Waals surface area contributed by atoms with E-state index in [0.29, 0.717) is 18.0 Å². The number of amides is 3. The Balaban J connectivity index is 2.44. The molecular formula is C21H28N6O4S. The zero-order valence-electron chi connectivity index (χ0n) is 18.4. The quantitative estimate of drug-likeness (QED) is 0.222. The number of urea groups is 1. The molecule has 0 aliphatic carbocycles. The van der Waals surface area contributed by atoms with E-state index in [-0.39, 0.29) is 37.0 Å². The van der Waals surface area contributed by atoms with Crippen LogP contribution in [0.5, 0.6) is 0 Å². The van der Waals surface area contributed by atoms with Gasteiger partial charge in [0.2, 0.25) is 6.41 Å². The van der Waals surface area contributed by atoms with Crippen LogP contribution in [0.25, 0.3) is 0 Å². The fourth-order valence-corrected chi connectivity index (χ4v) is 3.55. The summed E-state index contributed by atoms with van der Waals surface area (Å²) in [6.45, 7) is 2.85. The first-order chi connectivity index (χ1) is 15.4. The van der Waals surface area contributed by atoms with Crippen molar-refractivity contribution in [2.24, 2.45) is 0 Å². The van der Waals surface area contributed by atoms with Crippen LogP contribution < -0.4 is 15.5 Å². The fraction of sp³-hybridized carbons (Fsp3) is 0.381. The van der Waals surface area contributed by atoms with E-state index in [2.05, 4.69) is 14.7 Å². The van der Waals surface area contributed by atoms with Crippen LogP contribution in [0.15, 0.2) is 35.5 Å². The maximum atomic E-state index is 13.0. The summed E-state index contributed by atoms with van der Waals surface area (Å²) in [6, 6.07) is 9.01. The highest BCUT2D eigenvalue weighted by molar-refractivity contribution is 7.99. The molecule has 1 aromatic heterocycles. The number of anilines is 3. The van der Waals surface area contributed by atoms with Crippen molar-refractivity contribution in [1.82, 2.24) is 14.9 Å². The molecule has 0 saturated heterocycles. The Morgan fingerprint density at radius 1 is 1.19 bits per heavy atom. The number of thioether (sulfide) groups is 1. The maximum absolute atomic E-state index is 13.0. The van der Waals surface area contributed by atoms with Crippen molar-refractivity contribution in [3.8, 4) is 0 Å². The highest BCUT2D eigenvalue weighted by Crippen LogP contribution is 2.34. The number of carbonyl (C=O) groups is 3. The number of carbonyl (C=O) groups excluding carboxylic acids is 3. The summed E-state index contributed by atoms with van der Waals surface area (Å²) in [5, 5.41) is 0.427. The molecule has 1 heterocycles. The van der Waals surface area contributed by atoms with Gasteiger partial charge in [0.25, 0.3) is 6.47 Å². The van der Waals surface area contributed by atoms with E-state index in [9.17, 15) is 14.4 Å². The number of ether oxygens (including phenoxy) is 1. The van der Waals surface area contributed by atoms with Gasteiger partial charge in [0.1, 0.15) is 12.3 Å². The van der Waals surface area contributed by atoms with Gasteiger partial charge in [-0.2, -0.15) is 0 Å². The van der Waals surface area contributed by atoms with Gasteiger partial charge >= 0.3 is 6.03 Å². The van der Waals surface area contributed by atoms with Crippen molar-refractivity contribution in [2.45, 2.75) is 25.0 Å². The molecule has 1 aromatic carbocycles. The first-order valence-corrected chi connectivity index (χ1v) is 11.0. The number of nitrogen functional groups attached to an aromatic ring is 1. The summed E-state index contributed by atoms with van der Waals surface area (Å²) in [5.41, 5.74) is 7.37. The van der Waals surface area contributed by atoms with Gasteiger partial charge in [-0.15, -0.1) is 0 Å². The van der Waals surface area contributed by atoms with Gasteiger partial charge in [-0.3, -0.25) is 19.4 Å². The van der Waals surface area contributed by atoms with Crippen LogP contribution in [0.1, 0.15) is 18.9 Å². The van der Waals surface area contributed by atoms with Crippen LogP contribution in [-0.2, 0) is 20.9 Å². The first kappa shape index (κ1) is 24.9. The van der Waals surface area contributed by atoms with Gasteiger partial charge in [-0.1, -0.05) is 49.0 Å². The Morgan fingerprint density at radius 2 is 1.91 bits per heavy atom. The van der Waals surface area contributed by atoms with Gasteiger partial charge in [0.05, 0.1) is 13.1 Å². The molecule has 0 spiro atoms. The highest BCUT2D eigenvalue weighted by atomic mass is 32.2. The summed E-state index contributed by atoms with van der Waals surface area (Å²) >= 11 is 1.42. The van der Waals surface area contributed by atoms with Gasteiger partial charge in [0, 0.05) is 19.8 Å². The van der Waals surface area contributed by atoms with Crippen molar-refractivity contribution in [3.63, 3.8) is 0 Å². The first-order valence-electron chi connectivity index (χ1n) is 10.0. The molecule has 10 nitrogen and oxygen atoms in total. The van der Waals surface area contributed by atoms with Crippen molar-refractivity contribution in [2.75, 3.05) is 48.5 Å². The number of nitrogens with two attached hydrogens (primary N) is 1. The minimum absolute atomic E-state index is 0.0550. The van der Waals surface area contributed by atoms with E-state index < -0.39 is 6.03 Å². The Morgan fingerprint density at radius 3 is 2.53 bits per heavy atom. The summed E-state index contributed by atoms with van der Waals surface area (Å²) < 4.78 is 4.66. The molecule has 32 heavy (non-hydrogen) atoms. The molecule has 0 aliphatic rings. The van der Waals surface area contributed by atoms with Crippen molar-refractivity contribution in [1.29, 1.82) is 0 Å². The molecule has 2 aromatic rings. The number of likely N-dealkylation sites (N-methyl/N-ethyl adjacent to an activating group) is 1. The van der Waals surface area contributed by atoms with Crippen LogP contribution in [-0.4, -0.2) is 66.8 Å². The highest BCUT2D eigenvalue weighted by Gasteiger charge is 2.26. The largest absolute Gasteiger partial charge is 0.466 e. The van der Waals surface area contributed by atoms with Crippen LogP contribution >= 0.6 is 11.8 Å². The minimum Gasteiger partial charge on any atom is -0.466 e. The molecule has 11 heteroatoms. The third kappa shape index (κ3) is 6.58. The van der Waals surface area contributed by atoms with Crippen LogP contribution in [0, 0.1) is 0 Å². The molecule has 0 fully saturated rings. The van der Waals surface area contributed by atoms with E-state index >= 15 is 0 Å². The molecule has 3 amide bonds. The molecule has 2 N–H and O–H groups in total. The molecule has 0 radical (unpaired) electrons. The predicted molar refractivity (Wildman–Crippen MR) is 125 cm³/mol. The second kappa shape index (κ2) is 12.5. The van der Waals surface area contributed by atoms with Gasteiger partial charge < -0.3 is 15.4 Å². The second-order valence-corrected chi connectivity index (χ2v) is 7.92. The number of aromatic nitrogens is 2. The zero-order chi connectivity index (χ0) is 23.5. The van der Waals surface area contributed by atoms with Crippen molar-refractivity contribution in [3.05, 3.63) is 35.9 Å². The normalized spacial score (nSPS) is 10.3. The molecule has 0 aliphatic heterocycles. The molecular weight excluding hydrogens is 432 g/mol. The lowest BCUT2D eigenvalue weighted by molar-refractivity contribution is -0.128. The van der Waals surface area contributed by atoms with E-state index in [1.807, 2.05) is 37.3 Å². The average Bonchev–Trinajstić information content (AvgIpc) is 2.80. The zero-order valence-corrected chi connectivity index (χ0v) is 19.2. The number of hydrogen-bond acceptors (Lipinski definition) is 8. The number of hydrogen-bond donors (Lipinski definition) is 1. The Labute approximate surface area is 191 Å². The molecule has 0 saturated carbocycles. The lowest BCUT2D eigenvalue weighted by Crippen LogP contribution is -2.41. The van der Waals surface area contributed by atoms with Crippen LogP contribution in [0.3, 0.4) is 0 Å². The number of nitrogens with zero attached hydrogens (tertiary/aromatic N) is 5. The Hall–Kier alpha value is -3.34. The summed E-state index contributed by atoms with van der Waals surface area (Å²) in [6.07, 6.45) is 1.57. The minimum atomic E-state index is -0.421. The smallest absolute Gasteiger partial charge is 0.324 e. The maximum Gasteiger partial charge on any atom is 0.324 e. The van der Waals surface area contributed by atoms with Crippen LogP contribution in [0.2, 0.25) is 0 Å².